The molecule has 6 heteroatoms. The number of hydrogen-bond acceptors (Lipinski definition) is 5. The van der Waals surface area contributed by atoms with Crippen molar-refractivity contribution in [2.45, 2.75) is 25.4 Å². The molecule has 1 fully saturated rings. The first-order chi connectivity index (χ1) is 9.31. The number of carbonyl (C=O) groups is 1. The monoisotopic (exact) mass is 258 g/mol. The lowest BCUT2D eigenvalue weighted by Gasteiger charge is -2.05. The van der Waals surface area contributed by atoms with Gasteiger partial charge in [-0.1, -0.05) is 0 Å². The highest BCUT2D eigenvalue weighted by Crippen LogP contribution is 2.19. The number of nitrogens with zero attached hydrogens (tertiary/aromatic N) is 2. The van der Waals surface area contributed by atoms with E-state index in [0.717, 1.165) is 18.5 Å². The number of oxazole rings is 1. The molecule has 3 rings (SSSR count). The number of hydrogen-bond donors (Lipinski definition) is 2. The second-order valence-electron chi connectivity index (χ2n) is 4.51. The summed E-state index contributed by atoms with van der Waals surface area (Å²) in [5.74, 6) is 0.643. The molecular formula is C13H14N4O2. The Morgan fingerprint density at radius 2 is 2.26 bits per heavy atom. The molecule has 98 valence electrons. The molecule has 1 aliphatic carbocycles. The van der Waals surface area contributed by atoms with E-state index in [-0.39, 0.29) is 5.91 Å². The fourth-order valence-corrected chi connectivity index (χ4v) is 1.64. The predicted molar refractivity (Wildman–Crippen MR) is 68.6 cm³/mol. The van der Waals surface area contributed by atoms with Gasteiger partial charge in [-0.2, -0.15) is 0 Å². The number of amides is 1. The minimum atomic E-state index is -0.0574. The topological polar surface area (TPSA) is 80.0 Å². The highest BCUT2D eigenvalue weighted by molar-refractivity contribution is 5.94. The zero-order valence-corrected chi connectivity index (χ0v) is 10.3. The van der Waals surface area contributed by atoms with Crippen molar-refractivity contribution in [3.05, 3.63) is 42.2 Å². The smallest absolute Gasteiger partial charge is 0.253 e. The molecule has 2 N–H and O–H groups in total. The lowest BCUT2D eigenvalue weighted by atomic mass is 10.2. The highest BCUT2D eigenvalue weighted by Gasteiger charge is 2.23. The van der Waals surface area contributed by atoms with Crippen LogP contribution in [-0.2, 0) is 6.54 Å². The van der Waals surface area contributed by atoms with Crippen LogP contribution in [0.25, 0.3) is 0 Å². The Balaban J connectivity index is 1.57. The van der Waals surface area contributed by atoms with E-state index in [0.29, 0.717) is 24.0 Å². The molecule has 2 aromatic heterocycles. The summed E-state index contributed by atoms with van der Waals surface area (Å²) in [6.45, 7) is 0.539. The van der Waals surface area contributed by atoms with Gasteiger partial charge in [0, 0.05) is 12.2 Å². The molecule has 0 unspecified atom stereocenters. The van der Waals surface area contributed by atoms with Gasteiger partial charge in [-0.3, -0.25) is 4.79 Å². The number of nitrogens with one attached hydrogen (secondary N) is 2. The van der Waals surface area contributed by atoms with E-state index < -0.39 is 0 Å². The molecule has 1 saturated carbocycles. The third kappa shape index (κ3) is 3.09. The van der Waals surface area contributed by atoms with Crippen LogP contribution in [0.1, 0.15) is 28.9 Å². The number of carbonyl (C=O) groups excluding carboxylic acids is 1. The van der Waals surface area contributed by atoms with Crippen molar-refractivity contribution in [1.29, 1.82) is 0 Å². The summed E-state index contributed by atoms with van der Waals surface area (Å²) in [7, 11) is 0. The SMILES string of the molecule is O=C(NC1CC1)c1ccc(NCc2cocn2)nc1. The van der Waals surface area contributed by atoms with Crippen LogP contribution in [0.15, 0.2) is 35.4 Å². The number of rotatable bonds is 5. The van der Waals surface area contributed by atoms with Crippen molar-refractivity contribution in [3.63, 3.8) is 0 Å². The lowest BCUT2D eigenvalue weighted by molar-refractivity contribution is 0.0951. The number of anilines is 1. The molecule has 0 saturated heterocycles. The predicted octanol–water partition coefficient (Wildman–Crippen LogP) is 1.57. The van der Waals surface area contributed by atoms with Crippen molar-refractivity contribution in [2.75, 3.05) is 5.32 Å². The van der Waals surface area contributed by atoms with Gasteiger partial charge in [0.05, 0.1) is 17.8 Å². The average Bonchev–Trinajstić information content (AvgIpc) is 3.09. The van der Waals surface area contributed by atoms with Gasteiger partial charge in [-0.15, -0.1) is 0 Å². The summed E-state index contributed by atoms with van der Waals surface area (Å²) in [5.41, 5.74) is 1.39. The van der Waals surface area contributed by atoms with E-state index in [2.05, 4.69) is 20.6 Å². The maximum absolute atomic E-state index is 11.8. The van der Waals surface area contributed by atoms with Crippen molar-refractivity contribution < 1.29 is 9.21 Å². The van der Waals surface area contributed by atoms with E-state index in [1.165, 1.54) is 6.39 Å². The molecular weight excluding hydrogens is 244 g/mol. The average molecular weight is 258 g/mol. The molecule has 0 bridgehead atoms. The van der Waals surface area contributed by atoms with Crippen molar-refractivity contribution in [2.24, 2.45) is 0 Å². The summed E-state index contributed by atoms with van der Waals surface area (Å²) in [4.78, 5) is 19.9. The first-order valence-electron chi connectivity index (χ1n) is 6.19. The number of pyridine rings is 1. The lowest BCUT2D eigenvalue weighted by Crippen LogP contribution is -2.25. The van der Waals surface area contributed by atoms with Crippen molar-refractivity contribution in [3.8, 4) is 0 Å². The molecule has 19 heavy (non-hydrogen) atoms. The molecule has 0 aliphatic heterocycles. The van der Waals surface area contributed by atoms with E-state index in [4.69, 9.17) is 4.42 Å². The minimum Gasteiger partial charge on any atom is -0.451 e. The van der Waals surface area contributed by atoms with Crippen LogP contribution in [-0.4, -0.2) is 21.9 Å². The quantitative estimate of drug-likeness (QED) is 0.851. The van der Waals surface area contributed by atoms with E-state index >= 15 is 0 Å². The minimum absolute atomic E-state index is 0.0574. The van der Waals surface area contributed by atoms with Crippen LogP contribution >= 0.6 is 0 Å². The fraction of sp³-hybridized carbons (Fsp3) is 0.308. The largest absolute Gasteiger partial charge is 0.451 e. The van der Waals surface area contributed by atoms with Crippen LogP contribution < -0.4 is 10.6 Å². The zero-order chi connectivity index (χ0) is 13.1. The molecule has 0 aromatic carbocycles. The number of aromatic nitrogens is 2. The Hall–Kier alpha value is -2.37. The zero-order valence-electron chi connectivity index (χ0n) is 10.3. The van der Waals surface area contributed by atoms with Crippen LogP contribution in [0.2, 0.25) is 0 Å². The van der Waals surface area contributed by atoms with Crippen LogP contribution in [0.4, 0.5) is 5.82 Å². The van der Waals surface area contributed by atoms with Gasteiger partial charge in [-0.05, 0) is 25.0 Å². The van der Waals surface area contributed by atoms with Crippen LogP contribution in [0.5, 0.6) is 0 Å². The summed E-state index contributed by atoms with van der Waals surface area (Å²) < 4.78 is 4.87. The summed E-state index contributed by atoms with van der Waals surface area (Å²) in [6.07, 6.45) is 6.69. The van der Waals surface area contributed by atoms with Crippen molar-refractivity contribution in [1.82, 2.24) is 15.3 Å². The van der Waals surface area contributed by atoms with E-state index in [9.17, 15) is 4.79 Å². The van der Waals surface area contributed by atoms with Gasteiger partial charge in [0.15, 0.2) is 6.39 Å². The van der Waals surface area contributed by atoms with Gasteiger partial charge < -0.3 is 15.1 Å². The van der Waals surface area contributed by atoms with Crippen LogP contribution in [0, 0.1) is 0 Å². The maximum Gasteiger partial charge on any atom is 0.253 e. The van der Waals surface area contributed by atoms with Crippen LogP contribution in [0.3, 0.4) is 0 Å². The highest BCUT2D eigenvalue weighted by atomic mass is 16.3. The van der Waals surface area contributed by atoms with E-state index in [1.807, 2.05) is 0 Å². The first-order valence-corrected chi connectivity index (χ1v) is 6.19. The third-order valence-electron chi connectivity index (χ3n) is 2.87. The van der Waals surface area contributed by atoms with Gasteiger partial charge in [0.2, 0.25) is 0 Å². The van der Waals surface area contributed by atoms with Gasteiger partial charge in [-0.25, -0.2) is 9.97 Å². The molecule has 2 aromatic rings. The van der Waals surface area contributed by atoms with E-state index in [1.54, 1.807) is 24.6 Å². The Bertz CT molecular complexity index is 547. The molecule has 6 nitrogen and oxygen atoms in total. The molecule has 0 radical (unpaired) electrons. The summed E-state index contributed by atoms with van der Waals surface area (Å²) >= 11 is 0. The second kappa shape index (κ2) is 5.09. The van der Waals surface area contributed by atoms with Crippen molar-refractivity contribution >= 4 is 11.7 Å². The Morgan fingerprint density at radius 3 is 2.89 bits per heavy atom. The Labute approximate surface area is 110 Å². The summed E-state index contributed by atoms with van der Waals surface area (Å²) in [5, 5.41) is 6.02. The van der Waals surface area contributed by atoms with Gasteiger partial charge in [0.1, 0.15) is 12.1 Å². The molecule has 0 atom stereocenters. The van der Waals surface area contributed by atoms with Gasteiger partial charge >= 0.3 is 0 Å². The normalized spacial score (nSPS) is 14.1. The second-order valence-corrected chi connectivity index (χ2v) is 4.51. The maximum atomic E-state index is 11.8. The fourth-order valence-electron chi connectivity index (χ4n) is 1.64. The third-order valence-corrected chi connectivity index (χ3v) is 2.87. The summed E-state index contributed by atoms with van der Waals surface area (Å²) in [6, 6.07) is 3.90. The standard InChI is InChI=1S/C13H14N4O2/c18-13(17-10-2-3-10)9-1-4-12(14-5-9)15-6-11-7-19-8-16-11/h1,4-5,7-8,10H,2-3,6H2,(H,14,15)(H,17,18). The first kappa shape index (κ1) is 11.7. The molecule has 1 aliphatic rings. The van der Waals surface area contributed by atoms with Gasteiger partial charge in [0.25, 0.3) is 5.91 Å². The Kier molecular flexibility index (Phi) is 3.14. The molecule has 1 amide bonds. The molecule has 2 heterocycles. The molecule has 0 spiro atoms. The Morgan fingerprint density at radius 1 is 1.37 bits per heavy atom.